The van der Waals surface area contributed by atoms with Crippen molar-refractivity contribution < 1.29 is 4.74 Å². The molecule has 3 heterocycles. The lowest BCUT2D eigenvalue weighted by atomic mass is 10.3. The van der Waals surface area contributed by atoms with Crippen LogP contribution >= 0.6 is 0 Å². The Morgan fingerprint density at radius 2 is 2.06 bits per heavy atom. The van der Waals surface area contributed by atoms with Gasteiger partial charge in [0.25, 0.3) is 0 Å². The van der Waals surface area contributed by atoms with Gasteiger partial charge in [0, 0.05) is 13.1 Å². The van der Waals surface area contributed by atoms with E-state index in [2.05, 4.69) is 25.1 Å². The lowest BCUT2D eigenvalue weighted by molar-refractivity contribution is 0.122. The minimum absolute atomic E-state index is 0.745. The second-order valence-corrected chi connectivity index (χ2v) is 3.84. The van der Waals surface area contributed by atoms with Crippen LogP contribution in [0.25, 0.3) is 11.0 Å². The number of anilines is 1. The van der Waals surface area contributed by atoms with Crippen molar-refractivity contribution >= 4 is 16.9 Å². The van der Waals surface area contributed by atoms with Crippen molar-refractivity contribution in [1.82, 2.24) is 20.2 Å². The lowest BCUT2D eigenvalue weighted by Crippen LogP contribution is -2.36. The van der Waals surface area contributed by atoms with Crippen molar-refractivity contribution in [2.24, 2.45) is 0 Å². The summed E-state index contributed by atoms with van der Waals surface area (Å²) in [5.74, 6) is 0.901. The molecule has 0 aromatic carbocycles. The first-order chi connectivity index (χ1) is 7.86. The number of rotatable bonds is 1. The highest BCUT2D eigenvalue weighted by atomic mass is 16.5. The molecule has 1 aliphatic heterocycles. The topological polar surface area (TPSA) is 66.9 Å². The van der Waals surface area contributed by atoms with Gasteiger partial charge in [-0.25, -0.2) is 9.97 Å². The van der Waals surface area contributed by atoms with Crippen molar-refractivity contribution in [3.63, 3.8) is 0 Å². The molecule has 1 aliphatic rings. The van der Waals surface area contributed by atoms with Gasteiger partial charge in [-0.3, -0.25) is 5.10 Å². The maximum Gasteiger partial charge on any atom is 0.160 e. The van der Waals surface area contributed by atoms with E-state index in [1.54, 1.807) is 6.33 Å². The third-order valence-electron chi connectivity index (χ3n) is 2.80. The zero-order valence-electron chi connectivity index (χ0n) is 9.10. The molecule has 0 aliphatic carbocycles. The van der Waals surface area contributed by atoms with Gasteiger partial charge < -0.3 is 9.64 Å². The number of nitrogens with one attached hydrogen (secondary N) is 1. The zero-order chi connectivity index (χ0) is 11.0. The molecule has 1 saturated heterocycles. The highest BCUT2D eigenvalue weighted by Crippen LogP contribution is 2.22. The second-order valence-electron chi connectivity index (χ2n) is 3.84. The van der Waals surface area contributed by atoms with Crippen molar-refractivity contribution in [2.45, 2.75) is 6.92 Å². The van der Waals surface area contributed by atoms with Crippen molar-refractivity contribution in [3.05, 3.63) is 12.0 Å². The monoisotopic (exact) mass is 219 g/mol. The van der Waals surface area contributed by atoms with E-state index in [9.17, 15) is 0 Å². The Bertz CT molecular complexity index is 503. The van der Waals surface area contributed by atoms with Crippen molar-refractivity contribution in [1.29, 1.82) is 0 Å². The Labute approximate surface area is 92.6 Å². The van der Waals surface area contributed by atoms with Gasteiger partial charge in [0.05, 0.1) is 18.9 Å². The van der Waals surface area contributed by atoms with Crippen molar-refractivity contribution in [3.8, 4) is 0 Å². The summed E-state index contributed by atoms with van der Waals surface area (Å²) in [6, 6.07) is 0. The summed E-state index contributed by atoms with van der Waals surface area (Å²) in [6.07, 6.45) is 1.59. The number of nitrogens with zero attached hydrogens (tertiary/aromatic N) is 4. The summed E-state index contributed by atoms with van der Waals surface area (Å²) in [7, 11) is 0. The molecule has 84 valence electrons. The van der Waals surface area contributed by atoms with Crippen LogP contribution < -0.4 is 4.90 Å². The van der Waals surface area contributed by atoms with Crippen LogP contribution in [-0.2, 0) is 4.74 Å². The summed E-state index contributed by atoms with van der Waals surface area (Å²) >= 11 is 0. The van der Waals surface area contributed by atoms with Crippen LogP contribution in [0.4, 0.5) is 5.82 Å². The molecule has 1 N–H and O–H groups in total. The van der Waals surface area contributed by atoms with Crippen LogP contribution in [0.5, 0.6) is 0 Å². The Morgan fingerprint density at radius 3 is 2.88 bits per heavy atom. The lowest BCUT2D eigenvalue weighted by Gasteiger charge is -2.27. The molecule has 2 aromatic rings. The van der Waals surface area contributed by atoms with Gasteiger partial charge in [-0.05, 0) is 6.92 Å². The standard InChI is InChI=1S/C10H13N5O/c1-7-8-9(14-13-7)10(12-6-11-8)15-2-4-16-5-3-15/h6H,2-5H2,1H3,(H,13,14). The Morgan fingerprint density at radius 1 is 1.25 bits per heavy atom. The van der Waals surface area contributed by atoms with Crippen LogP contribution in [0.2, 0.25) is 0 Å². The molecule has 0 radical (unpaired) electrons. The molecule has 16 heavy (non-hydrogen) atoms. The predicted octanol–water partition coefficient (Wildman–Crippen LogP) is 0.498. The number of aromatic nitrogens is 4. The maximum absolute atomic E-state index is 5.33. The number of H-pyrrole nitrogens is 1. The molecule has 0 spiro atoms. The second kappa shape index (κ2) is 3.71. The molecule has 0 bridgehead atoms. The summed E-state index contributed by atoms with van der Waals surface area (Å²) in [5, 5.41) is 7.21. The average molecular weight is 219 g/mol. The molecular weight excluding hydrogens is 206 g/mol. The van der Waals surface area contributed by atoms with Gasteiger partial charge in [0.1, 0.15) is 11.8 Å². The number of aromatic amines is 1. The highest BCUT2D eigenvalue weighted by molar-refractivity contribution is 5.86. The SMILES string of the molecule is Cc1[nH]nc2c(N3CCOCC3)ncnc12. The van der Waals surface area contributed by atoms with E-state index in [4.69, 9.17) is 4.74 Å². The van der Waals surface area contributed by atoms with Crippen LogP contribution in [0.1, 0.15) is 5.69 Å². The Balaban J connectivity index is 2.08. The first kappa shape index (κ1) is 9.53. The largest absolute Gasteiger partial charge is 0.378 e. The number of morpholine rings is 1. The van der Waals surface area contributed by atoms with Gasteiger partial charge in [-0.1, -0.05) is 0 Å². The molecule has 1 fully saturated rings. The van der Waals surface area contributed by atoms with Crippen LogP contribution in [0, 0.1) is 6.92 Å². The molecule has 0 amide bonds. The Kier molecular flexibility index (Phi) is 2.21. The third kappa shape index (κ3) is 1.42. The fraction of sp³-hybridized carbons (Fsp3) is 0.500. The number of hydrogen-bond donors (Lipinski definition) is 1. The number of aryl methyl sites for hydroxylation is 1. The average Bonchev–Trinajstić information content (AvgIpc) is 2.73. The van der Waals surface area contributed by atoms with E-state index in [0.29, 0.717) is 0 Å². The normalized spacial score (nSPS) is 16.9. The molecular formula is C10H13N5O. The van der Waals surface area contributed by atoms with E-state index in [0.717, 1.165) is 48.8 Å². The number of hydrogen-bond acceptors (Lipinski definition) is 5. The summed E-state index contributed by atoms with van der Waals surface area (Å²) < 4.78 is 5.33. The fourth-order valence-electron chi connectivity index (χ4n) is 1.95. The summed E-state index contributed by atoms with van der Waals surface area (Å²) in [4.78, 5) is 10.7. The van der Waals surface area contributed by atoms with E-state index in [1.807, 2.05) is 6.92 Å². The van der Waals surface area contributed by atoms with E-state index >= 15 is 0 Å². The van der Waals surface area contributed by atoms with Gasteiger partial charge in [-0.15, -0.1) is 0 Å². The Hall–Kier alpha value is -1.69. The van der Waals surface area contributed by atoms with Gasteiger partial charge in [0.2, 0.25) is 0 Å². The van der Waals surface area contributed by atoms with E-state index < -0.39 is 0 Å². The molecule has 0 unspecified atom stereocenters. The van der Waals surface area contributed by atoms with Crippen molar-refractivity contribution in [2.75, 3.05) is 31.2 Å². The first-order valence-electron chi connectivity index (χ1n) is 5.34. The van der Waals surface area contributed by atoms with E-state index in [-0.39, 0.29) is 0 Å². The van der Waals surface area contributed by atoms with Gasteiger partial charge >= 0.3 is 0 Å². The summed E-state index contributed by atoms with van der Waals surface area (Å²) in [5.41, 5.74) is 2.73. The van der Waals surface area contributed by atoms with E-state index in [1.165, 1.54) is 0 Å². The van der Waals surface area contributed by atoms with Crippen LogP contribution in [0.15, 0.2) is 6.33 Å². The zero-order valence-corrected chi connectivity index (χ0v) is 9.10. The molecule has 3 rings (SSSR count). The molecule has 6 heteroatoms. The van der Waals surface area contributed by atoms with Crippen LogP contribution in [0.3, 0.4) is 0 Å². The molecule has 0 saturated carbocycles. The highest BCUT2D eigenvalue weighted by Gasteiger charge is 2.17. The fourth-order valence-corrected chi connectivity index (χ4v) is 1.95. The minimum atomic E-state index is 0.745. The molecule has 2 aromatic heterocycles. The summed E-state index contributed by atoms with van der Waals surface area (Å²) in [6.45, 7) is 5.17. The predicted molar refractivity (Wildman–Crippen MR) is 59.5 cm³/mol. The third-order valence-corrected chi connectivity index (χ3v) is 2.80. The van der Waals surface area contributed by atoms with Crippen LogP contribution in [-0.4, -0.2) is 46.5 Å². The van der Waals surface area contributed by atoms with Gasteiger partial charge in [0.15, 0.2) is 11.3 Å². The quantitative estimate of drug-likeness (QED) is 0.756. The minimum Gasteiger partial charge on any atom is -0.378 e. The maximum atomic E-state index is 5.33. The molecule has 6 nitrogen and oxygen atoms in total. The first-order valence-corrected chi connectivity index (χ1v) is 5.34. The van der Waals surface area contributed by atoms with Gasteiger partial charge in [-0.2, -0.15) is 5.10 Å². The number of ether oxygens (including phenoxy) is 1. The smallest absolute Gasteiger partial charge is 0.160 e. The number of fused-ring (bicyclic) bond motifs is 1. The molecule has 0 atom stereocenters.